The van der Waals surface area contributed by atoms with Crippen LogP contribution in [0, 0.1) is 0 Å². The fourth-order valence-electron chi connectivity index (χ4n) is 5.66. The Labute approximate surface area is 263 Å². The summed E-state index contributed by atoms with van der Waals surface area (Å²) in [6, 6.07) is 25.6. The third kappa shape index (κ3) is 5.51. The van der Waals surface area contributed by atoms with E-state index in [9.17, 15) is 26.3 Å². The van der Waals surface area contributed by atoms with E-state index in [-0.39, 0.29) is 5.56 Å². The van der Waals surface area contributed by atoms with E-state index in [1.807, 2.05) is 53.1 Å². The number of rotatable bonds is 6. The third-order valence-electron chi connectivity index (χ3n) is 7.69. The molecule has 7 rings (SSSR count). The molecular formula is C35H22F6N4O2. The predicted molar refractivity (Wildman–Crippen MR) is 164 cm³/mol. The van der Waals surface area contributed by atoms with Crippen molar-refractivity contribution in [2.45, 2.75) is 12.4 Å². The van der Waals surface area contributed by atoms with Crippen molar-refractivity contribution in [3.8, 4) is 39.9 Å². The maximum absolute atomic E-state index is 13.8. The lowest BCUT2D eigenvalue weighted by Crippen LogP contribution is -2.13. The molecule has 0 spiro atoms. The number of benzene rings is 4. The molecule has 0 radical (unpaired) electrons. The molecule has 0 atom stereocenters. The van der Waals surface area contributed by atoms with Crippen LogP contribution in [-0.2, 0) is 12.4 Å². The Morgan fingerprint density at radius 2 is 1.36 bits per heavy atom. The molecule has 4 aromatic carbocycles. The van der Waals surface area contributed by atoms with E-state index >= 15 is 0 Å². The van der Waals surface area contributed by atoms with Gasteiger partial charge in [-0.05, 0) is 48.5 Å². The number of ether oxygens (including phenoxy) is 2. The molecule has 7 aromatic rings. The summed E-state index contributed by atoms with van der Waals surface area (Å²) < 4.78 is 97.5. The Balaban J connectivity index is 1.26. The lowest BCUT2D eigenvalue weighted by atomic mass is 9.95. The molecule has 0 aliphatic rings. The number of halogens is 6. The molecule has 0 aliphatic heterocycles. The highest BCUT2D eigenvalue weighted by Crippen LogP contribution is 2.44. The number of aromatic nitrogens is 4. The quantitative estimate of drug-likeness (QED) is 0.169. The van der Waals surface area contributed by atoms with Crippen LogP contribution < -0.4 is 9.47 Å². The first kappa shape index (κ1) is 29.9. The predicted octanol–water partition coefficient (Wildman–Crippen LogP) is 9.87. The van der Waals surface area contributed by atoms with Gasteiger partial charge in [0.2, 0.25) is 0 Å². The van der Waals surface area contributed by atoms with Crippen molar-refractivity contribution in [3.05, 3.63) is 127 Å². The van der Waals surface area contributed by atoms with Gasteiger partial charge in [0.15, 0.2) is 0 Å². The molecular weight excluding hydrogens is 622 g/mol. The van der Waals surface area contributed by atoms with Crippen LogP contribution in [0.15, 0.2) is 116 Å². The Kier molecular flexibility index (Phi) is 7.15. The summed E-state index contributed by atoms with van der Waals surface area (Å²) in [5.41, 5.74) is -2.01. The van der Waals surface area contributed by atoms with Gasteiger partial charge in [0.1, 0.15) is 23.1 Å². The highest BCUT2D eigenvalue weighted by Gasteiger charge is 2.41. The maximum atomic E-state index is 13.8. The summed E-state index contributed by atoms with van der Waals surface area (Å²) in [5, 5.41) is 6.06. The van der Waals surface area contributed by atoms with Gasteiger partial charge in [0.25, 0.3) is 0 Å². The zero-order valence-corrected chi connectivity index (χ0v) is 24.3. The smallest absolute Gasteiger partial charge is 0.417 e. The molecule has 0 unspecified atom stereocenters. The minimum absolute atomic E-state index is 0.332. The number of methoxy groups -OCH3 is 1. The van der Waals surface area contributed by atoms with Crippen LogP contribution in [0.5, 0.6) is 17.2 Å². The third-order valence-corrected chi connectivity index (χ3v) is 7.69. The first-order chi connectivity index (χ1) is 22.5. The van der Waals surface area contributed by atoms with Crippen LogP contribution in [0.4, 0.5) is 26.3 Å². The number of para-hydroxylation sites is 1. The molecule has 6 nitrogen and oxygen atoms in total. The van der Waals surface area contributed by atoms with E-state index in [1.54, 1.807) is 43.6 Å². The molecule has 0 N–H and O–H groups in total. The summed E-state index contributed by atoms with van der Waals surface area (Å²) in [7, 11) is 1.58. The molecule has 47 heavy (non-hydrogen) atoms. The van der Waals surface area contributed by atoms with E-state index < -0.39 is 29.0 Å². The number of nitrogens with zero attached hydrogens (tertiary/aromatic N) is 4. The molecule has 0 aliphatic carbocycles. The molecule has 0 amide bonds. The lowest BCUT2D eigenvalue weighted by Gasteiger charge is -2.17. The maximum Gasteiger partial charge on any atom is 0.417 e. The molecule has 3 aromatic heterocycles. The van der Waals surface area contributed by atoms with E-state index in [0.29, 0.717) is 40.9 Å². The summed E-state index contributed by atoms with van der Waals surface area (Å²) in [6.07, 6.45) is -6.26. The molecule has 0 saturated carbocycles. The van der Waals surface area contributed by atoms with Gasteiger partial charge >= 0.3 is 12.4 Å². The van der Waals surface area contributed by atoms with Crippen LogP contribution in [-0.4, -0.2) is 26.4 Å². The zero-order chi connectivity index (χ0) is 32.9. The first-order valence-corrected chi connectivity index (χ1v) is 14.2. The van der Waals surface area contributed by atoms with Gasteiger partial charge in [-0.2, -0.15) is 31.4 Å². The van der Waals surface area contributed by atoms with Crippen molar-refractivity contribution >= 4 is 21.8 Å². The van der Waals surface area contributed by atoms with Crippen LogP contribution in [0.2, 0.25) is 0 Å². The molecule has 0 fully saturated rings. The summed E-state index contributed by atoms with van der Waals surface area (Å²) >= 11 is 0. The van der Waals surface area contributed by atoms with Gasteiger partial charge in [0.05, 0.1) is 41.2 Å². The van der Waals surface area contributed by atoms with E-state index in [4.69, 9.17) is 9.47 Å². The van der Waals surface area contributed by atoms with Gasteiger partial charge in [-0.15, -0.1) is 0 Å². The standard InChI is InChI=1S/C35H22F6N4O2/c1-46-23-14-15-42-32(18-23)45-30-11-3-2-8-26(30)27-13-12-25(17-31(27)45)47-24-7-4-6-22(16-24)44-20-21(19-43-44)33-28(34(36,37)38)9-5-10-29(33)35(39,40)41/h2-20H,1H3. The lowest BCUT2D eigenvalue weighted by molar-refractivity contribution is -0.142. The summed E-state index contributed by atoms with van der Waals surface area (Å²) in [5.74, 6) is 2.14. The minimum atomic E-state index is -5.01. The second-order valence-electron chi connectivity index (χ2n) is 10.6. The highest BCUT2D eigenvalue weighted by atomic mass is 19.4. The van der Waals surface area contributed by atoms with Gasteiger partial charge < -0.3 is 9.47 Å². The Hall–Kier alpha value is -5.78. The van der Waals surface area contributed by atoms with E-state index in [1.165, 1.54) is 4.68 Å². The SMILES string of the molecule is COc1ccnc(-n2c3ccccc3c3ccc(Oc4cccc(-n5cc(-c6c(C(F)(F)F)cccc6C(F)(F)F)cn5)c4)cc32)c1. The Morgan fingerprint density at radius 3 is 2.11 bits per heavy atom. The summed E-state index contributed by atoms with van der Waals surface area (Å²) in [6.45, 7) is 0. The number of pyridine rings is 1. The van der Waals surface area contributed by atoms with Gasteiger partial charge in [0, 0.05) is 52.5 Å². The van der Waals surface area contributed by atoms with Gasteiger partial charge in [-0.3, -0.25) is 4.57 Å². The second-order valence-corrected chi connectivity index (χ2v) is 10.6. The van der Waals surface area contributed by atoms with E-state index in [2.05, 4.69) is 10.1 Å². The largest absolute Gasteiger partial charge is 0.497 e. The monoisotopic (exact) mass is 644 g/mol. The number of hydrogen-bond donors (Lipinski definition) is 0. The van der Waals surface area contributed by atoms with Crippen LogP contribution >= 0.6 is 0 Å². The van der Waals surface area contributed by atoms with Crippen molar-refractivity contribution in [1.29, 1.82) is 0 Å². The fraction of sp³-hybridized carbons (Fsp3) is 0.0857. The Bertz CT molecular complexity index is 2240. The number of fused-ring (bicyclic) bond motifs is 3. The van der Waals surface area contributed by atoms with Crippen molar-refractivity contribution < 1.29 is 35.8 Å². The van der Waals surface area contributed by atoms with Crippen molar-refractivity contribution in [3.63, 3.8) is 0 Å². The molecule has 236 valence electrons. The topological polar surface area (TPSA) is 54.1 Å². The molecule has 0 saturated heterocycles. The number of hydrogen-bond acceptors (Lipinski definition) is 4. The first-order valence-electron chi connectivity index (χ1n) is 14.2. The van der Waals surface area contributed by atoms with Gasteiger partial charge in [-0.25, -0.2) is 9.67 Å². The average Bonchev–Trinajstić information content (AvgIpc) is 3.67. The van der Waals surface area contributed by atoms with Crippen LogP contribution in [0.25, 0.3) is 44.4 Å². The molecule has 3 heterocycles. The summed E-state index contributed by atoms with van der Waals surface area (Å²) in [4.78, 5) is 4.56. The van der Waals surface area contributed by atoms with Gasteiger partial charge in [-0.1, -0.05) is 30.3 Å². The van der Waals surface area contributed by atoms with Crippen LogP contribution in [0.3, 0.4) is 0 Å². The highest BCUT2D eigenvalue weighted by molar-refractivity contribution is 6.09. The normalized spacial score (nSPS) is 12.1. The molecule has 12 heteroatoms. The fourth-order valence-corrected chi connectivity index (χ4v) is 5.66. The van der Waals surface area contributed by atoms with Crippen molar-refractivity contribution in [1.82, 2.24) is 19.3 Å². The average molecular weight is 645 g/mol. The molecule has 0 bridgehead atoms. The number of alkyl halides is 6. The van der Waals surface area contributed by atoms with E-state index in [0.717, 1.165) is 40.3 Å². The second kappa shape index (κ2) is 11.2. The van der Waals surface area contributed by atoms with Crippen molar-refractivity contribution in [2.75, 3.05) is 7.11 Å². The Morgan fingerprint density at radius 1 is 0.660 bits per heavy atom. The van der Waals surface area contributed by atoms with Crippen LogP contribution in [0.1, 0.15) is 11.1 Å². The zero-order valence-electron chi connectivity index (χ0n) is 24.3. The minimum Gasteiger partial charge on any atom is -0.497 e. The van der Waals surface area contributed by atoms with Crippen molar-refractivity contribution in [2.24, 2.45) is 0 Å².